The van der Waals surface area contributed by atoms with Crippen LogP contribution in [-0.4, -0.2) is 29.8 Å². The molecule has 0 amide bonds. The first kappa shape index (κ1) is 14.8. The second-order valence-electron chi connectivity index (χ2n) is 5.11. The maximum absolute atomic E-state index is 14.0. The van der Waals surface area contributed by atoms with Crippen LogP contribution in [0.2, 0.25) is 0 Å². The van der Waals surface area contributed by atoms with Crippen LogP contribution >= 0.6 is 11.8 Å². The summed E-state index contributed by atoms with van der Waals surface area (Å²) < 4.78 is 15.6. The number of aromatic amines is 1. The molecule has 0 spiro atoms. The van der Waals surface area contributed by atoms with Gasteiger partial charge in [0.05, 0.1) is 5.56 Å². The minimum Gasteiger partial charge on any atom is -0.337 e. The monoisotopic (exact) mass is 340 g/mol. The average molecular weight is 340 g/mol. The van der Waals surface area contributed by atoms with Crippen molar-refractivity contribution in [3.8, 4) is 11.4 Å². The van der Waals surface area contributed by atoms with E-state index in [0.29, 0.717) is 17.0 Å². The normalized spacial score (nSPS) is 11.2. The van der Waals surface area contributed by atoms with Gasteiger partial charge in [-0.15, -0.1) is 10.2 Å². The lowest BCUT2D eigenvalue weighted by atomic mass is 10.2. The van der Waals surface area contributed by atoms with E-state index in [2.05, 4.69) is 32.2 Å². The molecule has 0 aliphatic carbocycles. The molecule has 3 aromatic heterocycles. The first-order chi connectivity index (χ1) is 11.7. The lowest BCUT2D eigenvalue weighted by Crippen LogP contribution is -1.98. The number of H-pyrrole nitrogens is 1. The summed E-state index contributed by atoms with van der Waals surface area (Å²) in [6.45, 7) is 2.06. The Morgan fingerprint density at radius 1 is 1.17 bits per heavy atom. The summed E-state index contributed by atoms with van der Waals surface area (Å²) >= 11 is 1.40. The van der Waals surface area contributed by atoms with Crippen LogP contribution in [-0.2, 0) is 6.42 Å². The number of aryl methyl sites for hydroxylation is 1. The molecule has 0 fully saturated rings. The molecular weight excluding hydrogens is 327 g/mol. The fourth-order valence-electron chi connectivity index (χ4n) is 2.31. The minimum absolute atomic E-state index is 0.356. The molecule has 0 saturated carbocycles. The summed E-state index contributed by atoms with van der Waals surface area (Å²) in [6.07, 6.45) is 2.70. The van der Waals surface area contributed by atoms with Crippen molar-refractivity contribution in [2.24, 2.45) is 0 Å². The predicted molar refractivity (Wildman–Crippen MR) is 88.3 cm³/mol. The Hall–Kier alpha value is -2.74. The Labute approximate surface area is 141 Å². The topological polar surface area (TPSA) is 71.8 Å². The van der Waals surface area contributed by atoms with Gasteiger partial charge in [-0.3, -0.25) is 0 Å². The molecule has 0 radical (unpaired) electrons. The fraction of sp³-hybridized carbons (Fsp3) is 0.125. The van der Waals surface area contributed by atoms with Gasteiger partial charge in [-0.25, -0.2) is 9.37 Å². The van der Waals surface area contributed by atoms with Gasteiger partial charge >= 0.3 is 0 Å². The van der Waals surface area contributed by atoms with E-state index in [1.54, 1.807) is 28.8 Å². The molecule has 0 bridgehead atoms. The van der Waals surface area contributed by atoms with Crippen molar-refractivity contribution in [2.45, 2.75) is 23.5 Å². The molecule has 6 nitrogen and oxygen atoms in total. The highest BCUT2D eigenvalue weighted by Crippen LogP contribution is 2.25. The summed E-state index contributed by atoms with van der Waals surface area (Å²) in [5.41, 5.74) is 1.99. The number of nitrogens with one attached hydrogen (secondary N) is 1. The maximum Gasteiger partial charge on any atom is 0.188 e. The third-order valence-electron chi connectivity index (χ3n) is 3.54. The summed E-state index contributed by atoms with van der Waals surface area (Å²) in [5.74, 6) is 0.0181. The molecule has 8 heteroatoms. The smallest absolute Gasteiger partial charge is 0.188 e. The van der Waals surface area contributed by atoms with Gasteiger partial charge in [-0.2, -0.15) is 9.61 Å². The highest BCUT2D eigenvalue weighted by atomic mass is 32.2. The Kier molecular flexibility index (Phi) is 3.73. The summed E-state index contributed by atoms with van der Waals surface area (Å²) in [4.78, 5) is 7.53. The van der Waals surface area contributed by atoms with Gasteiger partial charge in [0.2, 0.25) is 0 Å². The average Bonchev–Trinajstić information content (AvgIpc) is 3.22. The standard InChI is InChI=1S/C16H13FN6S/c1-2-10-9-18-16(19-10)24-14-8-7-13-20-21-15(23(13)22-14)11-5-3-4-6-12(11)17/h3-9H,2H2,1H3,(H,18,19). The Bertz CT molecular complexity index is 1010. The van der Waals surface area contributed by atoms with Crippen LogP contribution in [0.25, 0.3) is 17.0 Å². The van der Waals surface area contributed by atoms with Crippen molar-refractivity contribution in [3.63, 3.8) is 0 Å². The second kappa shape index (κ2) is 6.04. The fourth-order valence-corrected chi connectivity index (χ4v) is 3.05. The molecule has 120 valence electrons. The van der Waals surface area contributed by atoms with Crippen molar-refractivity contribution in [3.05, 3.63) is 54.1 Å². The van der Waals surface area contributed by atoms with Crippen molar-refractivity contribution in [2.75, 3.05) is 0 Å². The van der Waals surface area contributed by atoms with Crippen molar-refractivity contribution in [1.29, 1.82) is 0 Å². The molecular formula is C16H13FN6S. The number of benzene rings is 1. The van der Waals surface area contributed by atoms with E-state index in [1.807, 2.05) is 12.3 Å². The molecule has 24 heavy (non-hydrogen) atoms. The van der Waals surface area contributed by atoms with Crippen molar-refractivity contribution < 1.29 is 4.39 Å². The van der Waals surface area contributed by atoms with Crippen LogP contribution in [0.4, 0.5) is 4.39 Å². The molecule has 1 aromatic carbocycles. The van der Waals surface area contributed by atoms with Crippen LogP contribution in [0.1, 0.15) is 12.6 Å². The number of halogens is 1. The van der Waals surface area contributed by atoms with Gasteiger partial charge in [0.1, 0.15) is 10.8 Å². The summed E-state index contributed by atoms with van der Waals surface area (Å²) in [6, 6.07) is 10.1. The molecule has 0 aliphatic rings. The molecule has 4 rings (SSSR count). The van der Waals surface area contributed by atoms with E-state index >= 15 is 0 Å². The zero-order chi connectivity index (χ0) is 16.5. The van der Waals surface area contributed by atoms with Crippen molar-refractivity contribution in [1.82, 2.24) is 29.8 Å². The number of hydrogen-bond donors (Lipinski definition) is 1. The molecule has 0 saturated heterocycles. The van der Waals surface area contributed by atoms with E-state index < -0.39 is 0 Å². The first-order valence-corrected chi connectivity index (χ1v) is 8.25. The van der Waals surface area contributed by atoms with Crippen LogP contribution in [0, 0.1) is 5.82 Å². The quantitative estimate of drug-likeness (QED) is 0.617. The third kappa shape index (κ3) is 2.65. The lowest BCUT2D eigenvalue weighted by Gasteiger charge is -2.02. The minimum atomic E-state index is -0.356. The number of fused-ring (bicyclic) bond motifs is 1. The van der Waals surface area contributed by atoms with Gasteiger partial charge in [-0.05, 0) is 42.4 Å². The summed E-state index contributed by atoms with van der Waals surface area (Å²) in [5, 5.41) is 14.1. The predicted octanol–water partition coefficient (Wildman–Crippen LogP) is 3.37. The molecule has 3 heterocycles. The first-order valence-electron chi connectivity index (χ1n) is 7.43. The zero-order valence-corrected chi connectivity index (χ0v) is 13.6. The van der Waals surface area contributed by atoms with Gasteiger partial charge in [0.25, 0.3) is 0 Å². The van der Waals surface area contributed by atoms with Gasteiger partial charge in [0.15, 0.2) is 16.6 Å². The number of nitrogens with zero attached hydrogens (tertiary/aromatic N) is 5. The molecule has 4 aromatic rings. The maximum atomic E-state index is 14.0. The molecule has 0 aliphatic heterocycles. The third-order valence-corrected chi connectivity index (χ3v) is 4.37. The van der Waals surface area contributed by atoms with E-state index in [4.69, 9.17) is 0 Å². The number of hydrogen-bond acceptors (Lipinski definition) is 5. The zero-order valence-electron chi connectivity index (χ0n) is 12.8. The van der Waals surface area contributed by atoms with Gasteiger partial charge < -0.3 is 4.98 Å². The Balaban J connectivity index is 1.74. The lowest BCUT2D eigenvalue weighted by molar-refractivity contribution is 0.629. The highest BCUT2D eigenvalue weighted by Gasteiger charge is 2.14. The number of rotatable bonds is 4. The van der Waals surface area contributed by atoms with Gasteiger partial charge in [-0.1, -0.05) is 19.1 Å². The SMILES string of the molecule is CCc1cnc(Sc2ccc3nnc(-c4ccccc4F)n3n2)[nH]1. The van der Waals surface area contributed by atoms with Crippen LogP contribution in [0.15, 0.2) is 52.8 Å². The molecule has 1 N–H and O–H groups in total. The van der Waals surface area contributed by atoms with E-state index in [1.165, 1.54) is 17.8 Å². The van der Waals surface area contributed by atoms with Crippen LogP contribution in [0.3, 0.4) is 0 Å². The molecule has 0 unspecified atom stereocenters. The van der Waals surface area contributed by atoms with Crippen molar-refractivity contribution >= 4 is 17.4 Å². The van der Waals surface area contributed by atoms with E-state index in [-0.39, 0.29) is 5.82 Å². The van der Waals surface area contributed by atoms with Crippen LogP contribution < -0.4 is 0 Å². The van der Waals surface area contributed by atoms with E-state index in [9.17, 15) is 4.39 Å². The van der Waals surface area contributed by atoms with Gasteiger partial charge in [0, 0.05) is 11.9 Å². The Morgan fingerprint density at radius 3 is 2.83 bits per heavy atom. The summed E-state index contributed by atoms with van der Waals surface area (Å²) in [7, 11) is 0. The van der Waals surface area contributed by atoms with E-state index in [0.717, 1.165) is 22.3 Å². The van der Waals surface area contributed by atoms with Crippen LogP contribution in [0.5, 0.6) is 0 Å². The number of aromatic nitrogens is 6. The largest absolute Gasteiger partial charge is 0.337 e. The highest BCUT2D eigenvalue weighted by molar-refractivity contribution is 7.99. The second-order valence-corrected chi connectivity index (χ2v) is 6.12. The molecule has 0 atom stereocenters. The Morgan fingerprint density at radius 2 is 2.04 bits per heavy atom. The number of imidazole rings is 1.